The minimum Gasteiger partial charge on any atom is -0.480 e. The number of rotatable bonds is 12. The summed E-state index contributed by atoms with van der Waals surface area (Å²) in [4.78, 5) is 58.3. The molecule has 0 saturated heterocycles. The minimum absolute atomic E-state index is 0.0356. The smallest absolute Gasteiger partial charge is 0.317 e. The predicted molar refractivity (Wildman–Crippen MR) is 214 cm³/mol. The maximum absolute atomic E-state index is 13.8. The zero-order valence-electron chi connectivity index (χ0n) is 33.2. The van der Waals surface area contributed by atoms with Crippen LogP contribution in [0.15, 0.2) is 42.5 Å². The van der Waals surface area contributed by atoms with Crippen LogP contribution in [0.4, 0.5) is 11.4 Å². The first-order valence-corrected chi connectivity index (χ1v) is 20.1. The van der Waals surface area contributed by atoms with E-state index in [0.717, 1.165) is 110 Å². The van der Waals surface area contributed by atoms with E-state index in [1.165, 1.54) is 7.11 Å². The molecule has 1 unspecified atom stereocenters. The highest BCUT2D eigenvalue weighted by Gasteiger charge is 2.58. The summed E-state index contributed by atoms with van der Waals surface area (Å²) in [5, 5.41) is 22.9. The number of carboxylic acids is 1. The fourth-order valence-corrected chi connectivity index (χ4v) is 10.0. The topological polar surface area (TPSA) is 173 Å². The summed E-state index contributed by atoms with van der Waals surface area (Å²) in [6.07, 6.45) is 8.46. The highest BCUT2D eigenvalue weighted by molar-refractivity contribution is 6.05. The van der Waals surface area contributed by atoms with Crippen LogP contribution in [0.25, 0.3) is 11.1 Å². The van der Waals surface area contributed by atoms with Gasteiger partial charge in [0.15, 0.2) is 11.5 Å². The van der Waals surface area contributed by atoms with Crippen LogP contribution in [-0.4, -0.2) is 79.8 Å². The molecule has 2 aliphatic carbocycles. The lowest BCUT2D eigenvalue weighted by molar-refractivity contribution is -0.152. The Bertz CT molecular complexity index is 2250. The molecule has 4 heterocycles. The van der Waals surface area contributed by atoms with E-state index in [4.69, 9.17) is 14.8 Å². The molecule has 57 heavy (non-hydrogen) atoms. The maximum atomic E-state index is 13.8. The molecule has 2 amide bonds. The van der Waals surface area contributed by atoms with Crippen molar-refractivity contribution in [2.75, 3.05) is 37.4 Å². The summed E-state index contributed by atoms with van der Waals surface area (Å²) in [6.45, 7) is 6.99. The van der Waals surface area contributed by atoms with Crippen molar-refractivity contribution >= 4 is 35.1 Å². The summed E-state index contributed by atoms with van der Waals surface area (Å²) in [7, 11) is 3.42. The fraction of sp³-hybridized carbons (Fsp3) is 0.488. The van der Waals surface area contributed by atoms with Gasteiger partial charge in [0, 0.05) is 56.2 Å². The number of anilines is 2. The summed E-state index contributed by atoms with van der Waals surface area (Å²) in [5.74, 6) is -1.20. The van der Waals surface area contributed by atoms with E-state index in [2.05, 4.69) is 25.9 Å². The van der Waals surface area contributed by atoms with Gasteiger partial charge in [0.05, 0.1) is 30.5 Å². The van der Waals surface area contributed by atoms with Crippen LogP contribution in [-0.2, 0) is 40.9 Å². The van der Waals surface area contributed by atoms with Crippen molar-refractivity contribution in [3.05, 3.63) is 82.2 Å². The number of carbonyl (C=O) groups is 4. The largest absolute Gasteiger partial charge is 0.480 e. The van der Waals surface area contributed by atoms with E-state index in [9.17, 15) is 19.2 Å². The molecule has 2 aromatic heterocycles. The Labute approximate surface area is 332 Å². The van der Waals surface area contributed by atoms with Crippen molar-refractivity contribution in [1.82, 2.24) is 29.5 Å². The number of fused-ring (bicyclic) bond motifs is 4. The molecule has 2 aromatic carbocycles. The number of hydrogen-bond donors (Lipinski definition) is 4. The SMILES string of the molecule is COC(=O)C12CCC(CCN3CCc4c(nc(C(=O)Nc5cccc(-c6cccc(NC(=O)c7cc8n(n7)CCCC8NCC(=O)O)c6C)c5C)n4C)C3)(CC1)C2. The Morgan fingerprint density at radius 3 is 2.30 bits per heavy atom. The average Bonchev–Trinajstić information content (AvgIpc) is 3.99. The number of aryl methyl sites for hydroxylation is 1. The van der Waals surface area contributed by atoms with Crippen LogP contribution in [0.2, 0.25) is 0 Å². The van der Waals surface area contributed by atoms with Crippen LogP contribution >= 0.6 is 0 Å². The summed E-state index contributed by atoms with van der Waals surface area (Å²) >= 11 is 0. The number of imidazole rings is 1. The van der Waals surface area contributed by atoms with Gasteiger partial charge in [0.1, 0.15) is 0 Å². The van der Waals surface area contributed by atoms with Crippen molar-refractivity contribution in [3.63, 3.8) is 0 Å². The fourth-order valence-electron chi connectivity index (χ4n) is 10.0. The molecule has 2 aliphatic heterocycles. The van der Waals surface area contributed by atoms with Gasteiger partial charge >= 0.3 is 11.9 Å². The van der Waals surface area contributed by atoms with Crippen molar-refractivity contribution in [3.8, 4) is 11.1 Å². The number of esters is 1. The first-order valence-electron chi connectivity index (χ1n) is 20.1. The normalized spacial score (nSPS) is 22.5. The predicted octanol–water partition coefficient (Wildman–Crippen LogP) is 5.79. The third-order valence-electron chi connectivity index (χ3n) is 13.3. The highest BCUT2D eigenvalue weighted by atomic mass is 16.5. The lowest BCUT2D eigenvalue weighted by Gasteiger charge is -2.32. The van der Waals surface area contributed by atoms with Gasteiger partial charge in [-0.25, -0.2) is 4.98 Å². The van der Waals surface area contributed by atoms with Gasteiger partial charge in [0.2, 0.25) is 0 Å². The molecule has 1 atom stereocenters. The minimum atomic E-state index is -0.933. The average molecular weight is 777 g/mol. The second kappa shape index (κ2) is 15.2. The lowest BCUT2D eigenvalue weighted by atomic mass is 9.80. The van der Waals surface area contributed by atoms with Gasteiger partial charge in [-0.15, -0.1) is 0 Å². The first kappa shape index (κ1) is 38.5. The molecule has 0 radical (unpaired) electrons. The Balaban J connectivity index is 0.929. The first-order chi connectivity index (χ1) is 27.4. The summed E-state index contributed by atoms with van der Waals surface area (Å²) < 4.78 is 8.88. The molecule has 14 nitrogen and oxygen atoms in total. The molecule has 4 aliphatic rings. The molecule has 4 N–H and O–H groups in total. The van der Waals surface area contributed by atoms with Crippen molar-refractivity contribution in [2.24, 2.45) is 17.9 Å². The third-order valence-corrected chi connectivity index (χ3v) is 13.3. The Hall–Kier alpha value is -5.34. The van der Waals surface area contributed by atoms with Crippen LogP contribution < -0.4 is 16.0 Å². The van der Waals surface area contributed by atoms with E-state index in [-0.39, 0.29) is 46.9 Å². The van der Waals surface area contributed by atoms with Gasteiger partial charge in [-0.05, 0) is 118 Å². The van der Waals surface area contributed by atoms with Gasteiger partial charge in [-0.2, -0.15) is 5.10 Å². The van der Waals surface area contributed by atoms with Crippen LogP contribution in [0.3, 0.4) is 0 Å². The Kier molecular flexibility index (Phi) is 10.3. The molecular formula is C43H52N8O6. The number of carboxylic acid groups (broad SMARTS) is 1. The number of nitrogens with one attached hydrogen (secondary N) is 3. The second-order valence-electron chi connectivity index (χ2n) is 16.6. The molecule has 2 fully saturated rings. The standard InChI is InChI=1S/C43H52N8O6/c1-26-28(8-5-10-30(26)46-39(54)33-22-36-32(44-23-37(52)53)12-7-19-51(36)48-33)29-9-6-11-31(27(29)2)47-40(55)38-45-34-24-50(20-13-35(34)49(38)3)21-18-42-14-16-43(25-42,17-15-42)41(56)57-4/h5-6,8-11,22,32,44H,7,12-21,23-25H2,1-4H3,(H,46,54)(H,47,55)(H,52,53). The van der Waals surface area contributed by atoms with Crippen LogP contribution in [0, 0.1) is 24.7 Å². The zero-order chi connectivity index (χ0) is 40.1. The zero-order valence-corrected chi connectivity index (χ0v) is 33.2. The van der Waals surface area contributed by atoms with Crippen LogP contribution in [0.5, 0.6) is 0 Å². The number of carbonyl (C=O) groups excluding carboxylic acids is 3. The monoisotopic (exact) mass is 776 g/mol. The number of ether oxygens (including phenoxy) is 1. The number of nitrogens with zero attached hydrogens (tertiary/aromatic N) is 5. The number of aromatic nitrogens is 4. The van der Waals surface area contributed by atoms with E-state index >= 15 is 0 Å². The van der Waals surface area contributed by atoms with Crippen molar-refractivity contribution < 1.29 is 29.0 Å². The molecule has 2 bridgehead atoms. The number of amides is 2. The molecular weight excluding hydrogens is 725 g/mol. The molecule has 4 aromatic rings. The number of benzene rings is 2. The molecule has 14 heteroatoms. The molecule has 8 rings (SSSR count). The van der Waals surface area contributed by atoms with E-state index in [1.54, 1.807) is 10.7 Å². The summed E-state index contributed by atoms with van der Waals surface area (Å²) in [5.41, 5.74) is 7.98. The lowest BCUT2D eigenvalue weighted by Crippen LogP contribution is -2.34. The summed E-state index contributed by atoms with van der Waals surface area (Å²) in [6, 6.07) is 13.1. The van der Waals surface area contributed by atoms with Gasteiger partial charge in [-0.3, -0.25) is 34.1 Å². The third kappa shape index (κ3) is 7.25. The number of hydrogen-bond acceptors (Lipinski definition) is 9. The molecule has 0 spiro atoms. The molecule has 2 saturated carbocycles. The van der Waals surface area contributed by atoms with Gasteiger partial charge < -0.3 is 25.0 Å². The van der Waals surface area contributed by atoms with Crippen molar-refractivity contribution in [1.29, 1.82) is 0 Å². The number of aliphatic carboxylic acids is 1. The maximum Gasteiger partial charge on any atom is 0.317 e. The van der Waals surface area contributed by atoms with Crippen LogP contribution in [0.1, 0.15) is 107 Å². The van der Waals surface area contributed by atoms with E-state index < -0.39 is 5.97 Å². The number of methoxy groups -OCH3 is 1. The quantitative estimate of drug-likeness (QED) is 0.129. The van der Waals surface area contributed by atoms with Crippen molar-refractivity contribution in [2.45, 2.75) is 90.8 Å². The van der Waals surface area contributed by atoms with E-state index in [1.807, 2.05) is 61.9 Å². The second-order valence-corrected chi connectivity index (χ2v) is 16.6. The van der Waals surface area contributed by atoms with Gasteiger partial charge in [-0.1, -0.05) is 24.3 Å². The Morgan fingerprint density at radius 1 is 0.947 bits per heavy atom. The Morgan fingerprint density at radius 2 is 1.63 bits per heavy atom. The van der Waals surface area contributed by atoms with Gasteiger partial charge in [0.25, 0.3) is 11.8 Å². The molecule has 300 valence electrons. The van der Waals surface area contributed by atoms with E-state index in [0.29, 0.717) is 30.3 Å². The highest BCUT2D eigenvalue weighted by Crippen LogP contribution is 2.63.